The van der Waals surface area contributed by atoms with Crippen molar-refractivity contribution in [2.45, 2.75) is 13.5 Å². The molecule has 0 atom stereocenters. The molecule has 29 heavy (non-hydrogen) atoms. The Hall–Kier alpha value is -3.65. The molecule has 0 aliphatic heterocycles. The molecule has 3 aromatic heterocycles. The second-order valence-electron chi connectivity index (χ2n) is 6.44. The number of fused-ring (bicyclic) bond motifs is 1. The molecule has 4 rings (SSSR count). The Kier molecular flexibility index (Phi) is 4.77. The van der Waals surface area contributed by atoms with Crippen LogP contribution in [0.1, 0.15) is 5.69 Å². The van der Waals surface area contributed by atoms with Crippen LogP contribution in [0.15, 0.2) is 64.3 Å². The molecular weight excluding hydrogens is 394 g/mol. The van der Waals surface area contributed by atoms with Crippen LogP contribution in [-0.4, -0.2) is 25.2 Å². The van der Waals surface area contributed by atoms with Crippen LogP contribution in [0.2, 0.25) is 5.02 Å². The Morgan fingerprint density at radius 2 is 2.00 bits per heavy atom. The van der Waals surface area contributed by atoms with E-state index in [1.54, 1.807) is 55.6 Å². The molecule has 0 aliphatic rings. The molecule has 9 heteroatoms. The number of aromatic nitrogens is 4. The molecule has 0 fully saturated rings. The highest BCUT2D eigenvalue weighted by Gasteiger charge is 2.17. The van der Waals surface area contributed by atoms with Gasteiger partial charge in [0.25, 0.3) is 11.1 Å². The van der Waals surface area contributed by atoms with Crippen molar-refractivity contribution in [3.05, 3.63) is 86.2 Å². The van der Waals surface area contributed by atoms with E-state index in [4.69, 9.17) is 11.6 Å². The third-order valence-electron chi connectivity index (χ3n) is 4.52. The van der Waals surface area contributed by atoms with Gasteiger partial charge in [0.05, 0.1) is 16.6 Å². The summed E-state index contributed by atoms with van der Waals surface area (Å²) in [4.78, 5) is 41.9. The van der Waals surface area contributed by atoms with Gasteiger partial charge in [-0.15, -0.1) is 0 Å². The van der Waals surface area contributed by atoms with Gasteiger partial charge in [0, 0.05) is 23.0 Å². The highest BCUT2D eigenvalue weighted by molar-refractivity contribution is 6.30. The van der Waals surface area contributed by atoms with Gasteiger partial charge in [0.2, 0.25) is 5.91 Å². The van der Waals surface area contributed by atoms with Gasteiger partial charge in [-0.3, -0.25) is 19.5 Å². The third-order valence-corrected chi connectivity index (χ3v) is 4.75. The molecule has 0 aliphatic carbocycles. The first-order valence-corrected chi connectivity index (χ1v) is 9.14. The van der Waals surface area contributed by atoms with Gasteiger partial charge >= 0.3 is 0 Å². The molecule has 0 unspecified atom stereocenters. The van der Waals surface area contributed by atoms with E-state index in [0.29, 0.717) is 33.1 Å². The van der Waals surface area contributed by atoms with Crippen LogP contribution in [0, 0.1) is 6.92 Å². The summed E-state index contributed by atoms with van der Waals surface area (Å²) in [5.74, 6) is -0.0341. The van der Waals surface area contributed by atoms with Crippen LogP contribution in [-0.2, 0) is 11.3 Å². The van der Waals surface area contributed by atoms with Crippen LogP contribution in [0.5, 0.6) is 0 Å². The van der Waals surface area contributed by atoms with Crippen LogP contribution >= 0.6 is 11.6 Å². The van der Waals surface area contributed by atoms with Crippen molar-refractivity contribution in [2.24, 2.45) is 0 Å². The molecule has 0 spiro atoms. The number of nitrogens with zero attached hydrogens (tertiary/aromatic N) is 3. The van der Waals surface area contributed by atoms with Crippen molar-refractivity contribution >= 4 is 34.2 Å². The number of H-pyrrole nitrogens is 1. The molecule has 0 radical (unpaired) electrons. The van der Waals surface area contributed by atoms with Crippen LogP contribution in [0.3, 0.4) is 0 Å². The predicted molar refractivity (Wildman–Crippen MR) is 111 cm³/mol. The predicted octanol–water partition coefficient (Wildman–Crippen LogP) is 2.48. The lowest BCUT2D eigenvalue weighted by Gasteiger charge is -2.10. The zero-order valence-corrected chi connectivity index (χ0v) is 16.1. The molecule has 1 aromatic carbocycles. The lowest BCUT2D eigenvalue weighted by Crippen LogP contribution is -2.29. The fraction of sp³-hybridized carbons (Fsp3) is 0.100. The van der Waals surface area contributed by atoms with Crippen LogP contribution < -0.4 is 16.4 Å². The number of hydrogen-bond donors (Lipinski definition) is 2. The van der Waals surface area contributed by atoms with E-state index >= 15 is 0 Å². The number of amides is 1. The number of carbonyl (C=O) groups excluding carboxylic acids is 1. The normalized spacial score (nSPS) is 11.0. The van der Waals surface area contributed by atoms with Gasteiger partial charge in [-0.2, -0.15) is 0 Å². The van der Waals surface area contributed by atoms with Crippen molar-refractivity contribution in [1.29, 1.82) is 0 Å². The van der Waals surface area contributed by atoms with E-state index in [1.807, 2.05) is 0 Å². The van der Waals surface area contributed by atoms with Gasteiger partial charge in [0.15, 0.2) is 0 Å². The van der Waals surface area contributed by atoms with Gasteiger partial charge in [-0.1, -0.05) is 23.7 Å². The van der Waals surface area contributed by atoms with Crippen molar-refractivity contribution in [2.75, 3.05) is 5.32 Å². The molecule has 3 heterocycles. The standard InChI is InChI=1S/C20H16ClN5O3/c1-12-19-15(24-26(20(19)29)14-6-4-5-13(21)9-14)10-18(28)25(12)11-17(27)23-16-7-2-3-8-22-16/h2-10,24H,11H2,1H3,(H,22,23,27). The second kappa shape index (κ2) is 7.40. The molecule has 1 amide bonds. The van der Waals surface area contributed by atoms with E-state index in [9.17, 15) is 14.4 Å². The number of pyridine rings is 2. The van der Waals surface area contributed by atoms with Crippen molar-refractivity contribution in [1.82, 2.24) is 19.3 Å². The molecule has 146 valence electrons. The summed E-state index contributed by atoms with van der Waals surface area (Å²) >= 11 is 6.02. The Morgan fingerprint density at radius 3 is 2.72 bits per heavy atom. The number of carbonyl (C=O) groups is 1. The fourth-order valence-corrected chi connectivity index (χ4v) is 3.35. The number of nitrogens with one attached hydrogen (secondary N) is 2. The Morgan fingerprint density at radius 1 is 1.17 bits per heavy atom. The summed E-state index contributed by atoms with van der Waals surface area (Å²) in [6, 6.07) is 13.2. The monoisotopic (exact) mass is 409 g/mol. The van der Waals surface area contributed by atoms with Crippen LogP contribution in [0.25, 0.3) is 16.6 Å². The zero-order chi connectivity index (χ0) is 20.5. The first-order chi connectivity index (χ1) is 13.9. The topological polar surface area (TPSA) is 102 Å². The first kappa shape index (κ1) is 18.7. The molecule has 0 saturated heterocycles. The number of anilines is 1. The smallest absolute Gasteiger partial charge is 0.280 e. The lowest BCUT2D eigenvalue weighted by atomic mass is 10.2. The average Bonchev–Trinajstić information content (AvgIpc) is 3.02. The van der Waals surface area contributed by atoms with E-state index < -0.39 is 11.5 Å². The number of aryl methyl sites for hydroxylation is 1. The van der Waals surface area contributed by atoms with Crippen molar-refractivity contribution in [3.63, 3.8) is 0 Å². The minimum atomic E-state index is -0.418. The summed E-state index contributed by atoms with van der Waals surface area (Å²) in [6.07, 6.45) is 1.55. The average molecular weight is 410 g/mol. The van der Waals surface area contributed by atoms with E-state index in [-0.39, 0.29) is 12.1 Å². The fourth-order valence-electron chi connectivity index (χ4n) is 3.17. The molecule has 4 aromatic rings. The quantitative estimate of drug-likeness (QED) is 0.540. The lowest BCUT2D eigenvalue weighted by molar-refractivity contribution is -0.116. The molecule has 8 nitrogen and oxygen atoms in total. The number of hydrogen-bond acceptors (Lipinski definition) is 4. The number of benzene rings is 1. The highest BCUT2D eigenvalue weighted by Crippen LogP contribution is 2.16. The number of halogens is 1. The largest absolute Gasteiger partial charge is 0.309 e. The summed E-state index contributed by atoms with van der Waals surface area (Å²) in [5, 5.41) is 6.37. The number of aromatic amines is 1. The molecule has 2 N–H and O–H groups in total. The Balaban J connectivity index is 1.75. The minimum Gasteiger partial charge on any atom is -0.309 e. The van der Waals surface area contributed by atoms with Gasteiger partial charge < -0.3 is 9.88 Å². The molecular formula is C20H16ClN5O3. The third kappa shape index (κ3) is 3.57. The van der Waals surface area contributed by atoms with Crippen molar-refractivity contribution < 1.29 is 4.79 Å². The van der Waals surface area contributed by atoms with E-state index in [1.165, 1.54) is 15.3 Å². The summed E-state index contributed by atoms with van der Waals surface area (Å²) < 4.78 is 2.58. The van der Waals surface area contributed by atoms with E-state index in [2.05, 4.69) is 15.4 Å². The second-order valence-corrected chi connectivity index (χ2v) is 6.87. The summed E-state index contributed by atoms with van der Waals surface area (Å²) in [6.45, 7) is 1.40. The van der Waals surface area contributed by atoms with Crippen molar-refractivity contribution in [3.8, 4) is 5.69 Å². The summed E-state index contributed by atoms with van der Waals surface area (Å²) in [5.41, 5.74) is 0.596. The van der Waals surface area contributed by atoms with Crippen LogP contribution in [0.4, 0.5) is 5.82 Å². The maximum absolute atomic E-state index is 13.0. The zero-order valence-electron chi connectivity index (χ0n) is 15.3. The Labute approximate surface area is 169 Å². The van der Waals surface area contributed by atoms with Gasteiger partial charge in [0.1, 0.15) is 12.4 Å². The Bertz CT molecular complexity index is 1340. The maximum Gasteiger partial charge on any atom is 0.280 e. The first-order valence-electron chi connectivity index (χ1n) is 8.76. The highest BCUT2D eigenvalue weighted by atomic mass is 35.5. The van der Waals surface area contributed by atoms with Gasteiger partial charge in [-0.25, -0.2) is 9.67 Å². The molecule has 0 saturated carbocycles. The van der Waals surface area contributed by atoms with E-state index in [0.717, 1.165) is 0 Å². The summed E-state index contributed by atoms with van der Waals surface area (Å²) in [7, 11) is 0. The molecule has 0 bridgehead atoms. The number of rotatable bonds is 4. The maximum atomic E-state index is 13.0. The SMILES string of the molecule is Cc1c2c(=O)n(-c3cccc(Cl)c3)[nH]c2cc(=O)n1CC(=O)Nc1ccccn1. The minimum absolute atomic E-state index is 0.237. The van der Waals surface area contributed by atoms with Gasteiger partial charge in [-0.05, 0) is 37.3 Å².